The molecule has 0 aliphatic carbocycles. The summed E-state index contributed by atoms with van der Waals surface area (Å²) in [7, 11) is 0. The maximum Gasteiger partial charge on any atom is 0.339 e. The number of rotatable bonds is 3. The van der Waals surface area contributed by atoms with Crippen LogP contribution in [0.2, 0.25) is 0 Å². The van der Waals surface area contributed by atoms with Gasteiger partial charge in [0, 0.05) is 0 Å². The van der Waals surface area contributed by atoms with Gasteiger partial charge < -0.3 is 10.2 Å². The highest BCUT2D eigenvalue weighted by Crippen LogP contribution is 2.37. The Morgan fingerprint density at radius 3 is 2.68 bits per heavy atom. The number of carboxylic acid groups (broad SMARTS) is 1. The molecule has 0 spiro atoms. The van der Waals surface area contributed by atoms with Crippen molar-refractivity contribution >= 4 is 51.9 Å². The smallest absolute Gasteiger partial charge is 0.339 e. The second-order valence-corrected chi connectivity index (χ2v) is 7.11. The van der Waals surface area contributed by atoms with E-state index in [4.69, 9.17) is 17.3 Å². The fraction of sp³-hybridized carbons (Fsp3) is 0.0556. The topological polar surface area (TPSA) is 77.8 Å². The Hall–Kier alpha value is -2.64. The predicted molar refractivity (Wildman–Crippen MR) is 102 cm³/mol. The van der Waals surface area contributed by atoms with Crippen LogP contribution in [0.1, 0.15) is 21.5 Å². The third-order valence-electron chi connectivity index (χ3n) is 3.60. The van der Waals surface area contributed by atoms with E-state index in [9.17, 15) is 14.7 Å². The molecule has 2 N–H and O–H groups in total. The van der Waals surface area contributed by atoms with Crippen molar-refractivity contribution in [1.29, 1.82) is 0 Å². The molecule has 3 rings (SSSR count). The fourth-order valence-electron chi connectivity index (χ4n) is 2.44. The molecule has 5 nitrogen and oxygen atoms in total. The molecule has 25 heavy (non-hydrogen) atoms. The minimum absolute atomic E-state index is 0.283. The normalized spacial score (nSPS) is 15.9. The van der Waals surface area contributed by atoms with Gasteiger partial charge in [-0.05, 0) is 36.8 Å². The summed E-state index contributed by atoms with van der Waals surface area (Å²) < 4.78 is 0.311. The van der Waals surface area contributed by atoms with Crippen molar-refractivity contribution in [3.05, 3.63) is 64.1 Å². The molecule has 0 aromatic heterocycles. The first-order valence-electron chi connectivity index (χ1n) is 7.28. The number of carbonyl (C=O) groups excluding carboxylic acids is 1. The third-order valence-corrected chi connectivity index (χ3v) is 4.90. The first kappa shape index (κ1) is 17.2. The summed E-state index contributed by atoms with van der Waals surface area (Å²) in [6.45, 7) is 1.96. The lowest BCUT2D eigenvalue weighted by atomic mass is 10.1. The Balaban J connectivity index is 1.97. The number of carbonyl (C=O) groups is 2. The van der Waals surface area contributed by atoms with Gasteiger partial charge in [-0.2, -0.15) is 0 Å². The number of carboxylic acids is 1. The molecule has 0 atom stereocenters. The molecule has 1 fully saturated rings. The van der Waals surface area contributed by atoms with Crippen LogP contribution in [-0.2, 0) is 4.79 Å². The SMILES string of the molecule is Cc1cccc(C=C2SC(=S)N(c3ccc(O)c(C(=O)O)c3)C2=O)c1. The zero-order valence-corrected chi connectivity index (χ0v) is 14.7. The standard InChI is InChI=1S/C18H13NO4S2/c1-10-3-2-4-11(7-10)8-15-16(21)19(18(24)25-15)12-5-6-14(20)13(9-12)17(22)23/h2-9,20H,1H3,(H,22,23). The Kier molecular flexibility index (Phi) is 4.61. The number of hydrogen-bond acceptors (Lipinski definition) is 5. The minimum atomic E-state index is -1.28. The number of aryl methyl sites for hydroxylation is 1. The highest BCUT2D eigenvalue weighted by atomic mass is 32.2. The van der Waals surface area contributed by atoms with E-state index in [1.54, 1.807) is 6.08 Å². The molecule has 0 bridgehead atoms. The number of hydrogen-bond donors (Lipinski definition) is 2. The second-order valence-electron chi connectivity index (χ2n) is 5.44. The summed E-state index contributed by atoms with van der Waals surface area (Å²) in [6, 6.07) is 11.6. The van der Waals surface area contributed by atoms with Gasteiger partial charge in [0.25, 0.3) is 5.91 Å². The van der Waals surface area contributed by atoms with Crippen LogP contribution in [-0.4, -0.2) is 26.4 Å². The highest BCUT2D eigenvalue weighted by Gasteiger charge is 2.33. The molecule has 1 saturated heterocycles. The van der Waals surface area contributed by atoms with Crippen molar-refractivity contribution in [2.45, 2.75) is 6.92 Å². The van der Waals surface area contributed by atoms with E-state index in [2.05, 4.69) is 0 Å². The molecule has 126 valence electrons. The summed E-state index contributed by atoms with van der Waals surface area (Å²) in [4.78, 5) is 25.6. The van der Waals surface area contributed by atoms with E-state index in [1.165, 1.54) is 23.1 Å². The number of thiocarbonyl (C=S) groups is 1. The number of benzene rings is 2. The Morgan fingerprint density at radius 2 is 2.00 bits per heavy atom. The third kappa shape index (κ3) is 3.42. The summed E-state index contributed by atoms with van der Waals surface area (Å²) in [5.41, 5.74) is 1.99. The van der Waals surface area contributed by atoms with Gasteiger partial charge in [-0.1, -0.05) is 53.8 Å². The van der Waals surface area contributed by atoms with Crippen molar-refractivity contribution < 1.29 is 19.8 Å². The van der Waals surface area contributed by atoms with Gasteiger partial charge in [0.05, 0.1) is 10.6 Å². The van der Waals surface area contributed by atoms with Gasteiger partial charge in [0.2, 0.25) is 0 Å². The average Bonchev–Trinajstić information content (AvgIpc) is 2.82. The van der Waals surface area contributed by atoms with Crippen LogP contribution >= 0.6 is 24.0 Å². The highest BCUT2D eigenvalue weighted by molar-refractivity contribution is 8.27. The lowest BCUT2D eigenvalue weighted by molar-refractivity contribution is -0.113. The van der Waals surface area contributed by atoms with Crippen LogP contribution in [0.4, 0.5) is 5.69 Å². The van der Waals surface area contributed by atoms with Crippen LogP contribution in [0, 0.1) is 6.92 Å². The quantitative estimate of drug-likeness (QED) is 0.631. The average molecular weight is 371 g/mol. The maximum absolute atomic E-state index is 12.7. The van der Waals surface area contributed by atoms with E-state index in [0.717, 1.165) is 22.9 Å². The fourth-order valence-corrected chi connectivity index (χ4v) is 3.74. The monoisotopic (exact) mass is 371 g/mol. The number of anilines is 1. The summed E-state index contributed by atoms with van der Waals surface area (Å²) >= 11 is 6.43. The summed E-state index contributed by atoms with van der Waals surface area (Å²) in [5, 5.41) is 18.7. The van der Waals surface area contributed by atoms with E-state index >= 15 is 0 Å². The lowest BCUT2D eigenvalue weighted by Crippen LogP contribution is -2.27. The van der Waals surface area contributed by atoms with Crippen LogP contribution in [0.15, 0.2) is 47.4 Å². The molecule has 1 aliphatic rings. The van der Waals surface area contributed by atoms with Crippen molar-refractivity contribution in [2.24, 2.45) is 0 Å². The molecule has 1 aliphatic heterocycles. The Bertz CT molecular complexity index is 936. The van der Waals surface area contributed by atoms with Gasteiger partial charge in [0.1, 0.15) is 11.3 Å². The van der Waals surface area contributed by atoms with Gasteiger partial charge >= 0.3 is 5.97 Å². The van der Waals surface area contributed by atoms with Crippen LogP contribution in [0.5, 0.6) is 5.75 Å². The molecule has 0 unspecified atom stereocenters. The number of thioether (sulfide) groups is 1. The van der Waals surface area contributed by atoms with Gasteiger partial charge in [0.15, 0.2) is 4.32 Å². The molecule has 7 heteroatoms. The van der Waals surface area contributed by atoms with Crippen LogP contribution in [0.25, 0.3) is 6.08 Å². The van der Waals surface area contributed by atoms with Crippen LogP contribution in [0.3, 0.4) is 0 Å². The molecule has 1 heterocycles. The predicted octanol–water partition coefficient (Wildman–Crippen LogP) is 3.80. The van der Waals surface area contributed by atoms with Crippen molar-refractivity contribution in [3.63, 3.8) is 0 Å². The summed E-state index contributed by atoms with van der Waals surface area (Å²) in [6.07, 6.45) is 1.75. The first-order valence-corrected chi connectivity index (χ1v) is 8.50. The van der Waals surface area contributed by atoms with Crippen molar-refractivity contribution in [1.82, 2.24) is 0 Å². The molecular formula is C18H13NO4S2. The zero-order valence-electron chi connectivity index (χ0n) is 13.1. The number of nitrogens with zero attached hydrogens (tertiary/aromatic N) is 1. The Morgan fingerprint density at radius 1 is 1.24 bits per heavy atom. The van der Waals surface area contributed by atoms with E-state index in [0.29, 0.717) is 14.9 Å². The molecule has 0 radical (unpaired) electrons. The van der Waals surface area contributed by atoms with E-state index in [1.807, 2.05) is 31.2 Å². The second kappa shape index (κ2) is 6.70. The van der Waals surface area contributed by atoms with Crippen molar-refractivity contribution in [3.8, 4) is 5.75 Å². The van der Waals surface area contributed by atoms with Crippen molar-refractivity contribution in [2.75, 3.05) is 4.90 Å². The number of amides is 1. The molecule has 1 amide bonds. The number of aromatic hydroxyl groups is 1. The molecule has 2 aromatic rings. The summed E-state index contributed by atoms with van der Waals surface area (Å²) in [5.74, 6) is -1.96. The largest absolute Gasteiger partial charge is 0.507 e. The number of aromatic carboxylic acids is 1. The van der Waals surface area contributed by atoms with Gasteiger partial charge in [-0.25, -0.2) is 4.79 Å². The molecule has 2 aromatic carbocycles. The van der Waals surface area contributed by atoms with E-state index < -0.39 is 5.97 Å². The number of phenols is 1. The van der Waals surface area contributed by atoms with Gasteiger partial charge in [-0.3, -0.25) is 9.69 Å². The molecule has 0 saturated carbocycles. The van der Waals surface area contributed by atoms with E-state index in [-0.39, 0.29) is 17.2 Å². The maximum atomic E-state index is 12.7. The van der Waals surface area contributed by atoms with Gasteiger partial charge in [-0.15, -0.1) is 0 Å². The zero-order chi connectivity index (χ0) is 18.1. The van der Waals surface area contributed by atoms with Crippen LogP contribution < -0.4 is 4.90 Å². The lowest BCUT2D eigenvalue weighted by Gasteiger charge is -2.15. The minimum Gasteiger partial charge on any atom is -0.507 e. The first-order chi connectivity index (χ1) is 11.9. The molecular weight excluding hydrogens is 358 g/mol. The Labute approximate surface area is 153 Å².